The molecule has 1 aromatic rings. The van der Waals surface area contributed by atoms with Crippen molar-refractivity contribution in [2.45, 2.75) is 50.5 Å². The zero-order chi connectivity index (χ0) is 20.9. The molecule has 2 saturated heterocycles. The molecule has 2 aliphatic rings. The lowest BCUT2D eigenvalue weighted by Crippen LogP contribution is -2.41. The molecule has 2 aliphatic heterocycles. The van der Waals surface area contributed by atoms with Crippen molar-refractivity contribution in [3.8, 4) is 11.5 Å². The second-order valence-corrected chi connectivity index (χ2v) is 9.11. The Hall–Kier alpha value is -2.04. The molecule has 3 rings (SSSR count). The van der Waals surface area contributed by atoms with E-state index in [9.17, 15) is 13.2 Å². The van der Waals surface area contributed by atoms with Crippen molar-refractivity contribution in [2.75, 3.05) is 26.8 Å². The number of para-hydroxylation sites is 1. The minimum absolute atomic E-state index is 0.0213. The van der Waals surface area contributed by atoms with Crippen LogP contribution in [0.3, 0.4) is 0 Å². The molecule has 0 saturated carbocycles. The highest BCUT2D eigenvalue weighted by Gasteiger charge is 2.26. The average Bonchev–Trinajstić information content (AvgIpc) is 3.20. The Morgan fingerprint density at radius 1 is 1.31 bits per heavy atom. The summed E-state index contributed by atoms with van der Waals surface area (Å²) in [4.78, 5) is 23.6. The van der Waals surface area contributed by atoms with Crippen molar-refractivity contribution >= 4 is 16.1 Å². The predicted octanol–water partition coefficient (Wildman–Crippen LogP) is 2.21. The fraction of sp³-hybridized carbons (Fsp3) is 0.632. The molecule has 162 valence electrons. The quantitative estimate of drug-likeness (QED) is 0.524. The number of carbonyl (C=O) groups is 1. The van der Waals surface area contributed by atoms with E-state index in [0.717, 1.165) is 12.8 Å². The summed E-state index contributed by atoms with van der Waals surface area (Å²) in [5, 5.41) is 0. The van der Waals surface area contributed by atoms with Gasteiger partial charge in [-0.15, -0.1) is 0 Å². The molecule has 0 radical (unpaired) electrons. The van der Waals surface area contributed by atoms with Gasteiger partial charge in [0.2, 0.25) is 15.8 Å². The lowest BCUT2D eigenvalue weighted by molar-refractivity contribution is -0.153. The fourth-order valence-electron chi connectivity index (χ4n) is 3.61. The molecule has 0 aliphatic carbocycles. The average molecular weight is 429 g/mol. The van der Waals surface area contributed by atoms with Crippen molar-refractivity contribution in [1.29, 1.82) is 0 Å². The van der Waals surface area contributed by atoms with E-state index in [1.807, 2.05) is 6.92 Å². The first-order valence-corrected chi connectivity index (χ1v) is 11.4. The Morgan fingerprint density at radius 3 is 2.76 bits per heavy atom. The second-order valence-electron chi connectivity index (χ2n) is 7.35. The van der Waals surface area contributed by atoms with Gasteiger partial charge >= 0.3 is 6.09 Å². The van der Waals surface area contributed by atoms with E-state index in [1.54, 1.807) is 23.1 Å². The largest absolute Gasteiger partial charge is 0.492 e. The number of nitrogens with one attached hydrogen (secondary N) is 1. The van der Waals surface area contributed by atoms with Crippen molar-refractivity contribution in [1.82, 2.24) is 9.62 Å². The van der Waals surface area contributed by atoms with Crippen molar-refractivity contribution in [3.05, 3.63) is 23.8 Å². The maximum Gasteiger partial charge on any atom is 0.452 e. The third-order valence-corrected chi connectivity index (χ3v) is 6.39. The molecule has 1 aromatic carbocycles. The van der Waals surface area contributed by atoms with Crippen LogP contribution in [0, 0.1) is 0 Å². The topological polar surface area (TPSA) is 103 Å². The molecule has 2 atom stereocenters. The van der Waals surface area contributed by atoms with Crippen LogP contribution in [0.2, 0.25) is 0 Å². The molecule has 2 fully saturated rings. The molecule has 1 N–H and O–H groups in total. The van der Waals surface area contributed by atoms with Gasteiger partial charge in [-0.1, -0.05) is 12.1 Å². The number of nitrogens with zero attached hydrogens (tertiary/aromatic N) is 1. The van der Waals surface area contributed by atoms with Gasteiger partial charge in [0.05, 0.1) is 19.0 Å². The van der Waals surface area contributed by atoms with E-state index < -0.39 is 16.1 Å². The summed E-state index contributed by atoms with van der Waals surface area (Å²) in [6.45, 7) is 3.72. The minimum atomic E-state index is -3.61. The summed E-state index contributed by atoms with van der Waals surface area (Å²) >= 11 is 0. The van der Waals surface area contributed by atoms with E-state index in [1.165, 1.54) is 7.11 Å². The van der Waals surface area contributed by atoms with Crippen LogP contribution < -0.4 is 14.3 Å². The highest BCUT2D eigenvalue weighted by Crippen LogP contribution is 2.32. The van der Waals surface area contributed by atoms with Gasteiger partial charge in [-0.05, 0) is 38.7 Å². The van der Waals surface area contributed by atoms with Crippen LogP contribution in [-0.2, 0) is 25.4 Å². The number of methoxy groups -OCH3 is 1. The summed E-state index contributed by atoms with van der Waals surface area (Å²) in [5.74, 6) is 0.0824. The highest BCUT2D eigenvalue weighted by atomic mass is 32.2. The lowest BCUT2D eigenvalue weighted by Gasteiger charge is -2.27. The zero-order valence-electron chi connectivity index (χ0n) is 16.8. The number of carbonyl (C=O) groups excluding carboxylic acids is 1. The third kappa shape index (κ3) is 5.97. The SMILES string of the molecule is COc1c(CS(=O)(=O)NC2CCOC(C)C2)cccc1OOC(=O)N1CCCC1. The van der Waals surface area contributed by atoms with Crippen molar-refractivity contribution in [2.24, 2.45) is 0 Å². The monoisotopic (exact) mass is 428 g/mol. The lowest BCUT2D eigenvalue weighted by atomic mass is 10.1. The van der Waals surface area contributed by atoms with E-state index in [2.05, 4.69) is 4.72 Å². The van der Waals surface area contributed by atoms with Crippen LogP contribution in [0.1, 0.15) is 38.2 Å². The van der Waals surface area contributed by atoms with Crippen molar-refractivity contribution < 1.29 is 32.5 Å². The maximum atomic E-state index is 12.7. The van der Waals surface area contributed by atoms with Crippen LogP contribution in [0.5, 0.6) is 11.5 Å². The smallest absolute Gasteiger partial charge is 0.452 e. The van der Waals surface area contributed by atoms with E-state index in [4.69, 9.17) is 19.2 Å². The molecular weight excluding hydrogens is 400 g/mol. The summed E-state index contributed by atoms with van der Waals surface area (Å²) in [6.07, 6.45) is 2.59. The van der Waals surface area contributed by atoms with Gasteiger partial charge < -0.3 is 14.4 Å². The maximum absolute atomic E-state index is 12.7. The molecule has 10 heteroatoms. The Kier molecular flexibility index (Phi) is 7.20. The normalized spacial score (nSPS) is 22.3. The van der Waals surface area contributed by atoms with Crippen molar-refractivity contribution in [3.63, 3.8) is 0 Å². The first kappa shape index (κ1) is 21.7. The standard InChI is InChI=1S/C19H28N2O7S/c1-14-12-16(8-11-26-14)20-29(23,24)13-15-6-5-7-17(18(15)25-2)27-28-19(22)21-9-3-4-10-21/h5-7,14,16,20H,3-4,8-13H2,1-2H3. The molecule has 9 nitrogen and oxygen atoms in total. The molecule has 2 unspecified atom stereocenters. The first-order valence-electron chi connectivity index (χ1n) is 9.79. The summed E-state index contributed by atoms with van der Waals surface area (Å²) in [7, 11) is -2.20. The summed E-state index contributed by atoms with van der Waals surface area (Å²) in [5.41, 5.74) is 0.412. The number of hydrogen-bond acceptors (Lipinski definition) is 7. The summed E-state index contributed by atoms with van der Waals surface area (Å²) in [6, 6.07) is 4.67. The fourth-order valence-corrected chi connectivity index (χ4v) is 5.05. The van der Waals surface area contributed by atoms with Gasteiger partial charge in [-0.3, -0.25) is 4.89 Å². The number of sulfonamides is 1. The van der Waals surface area contributed by atoms with Crippen LogP contribution in [-0.4, -0.2) is 58.4 Å². The van der Waals surface area contributed by atoms with Crippen LogP contribution in [0.25, 0.3) is 0 Å². The van der Waals surface area contributed by atoms with E-state index in [-0.39, 0.29) is 29.4 Å². The predicted molar refractivity (Wildman–Crippen MR) is 105 cm³/mol. The van der Waals surface area contributed by atoms with Gasteiger partial charge in [-0.2, -0.15) is 0 Å². The van der Waals surface area contributed by atoms with Gasteiger partial charge in [-0.25, -0.2) is 22.8 Å². The summed E-state index contributed by atoms with van der Waals surface area (Å²) < 4.78 is 38.8. The third-order valence-electron chi connectivity index (χ3n) is 5.01. The molecule has 29 heavy (non-hydrogen) atoms. The van der Waals surface area contributed by atoms with E-state index >= 15 is 0 Å². The molecule has 0 bridgehead atoms. The van der Waals surface area contributed by atoms with Gasteiger partial charge in [0.25, 0.3) is 0 Å². The molecule has 1 amide bonds. The van der Waals surface area contributed by atoms with Crippen LogP contribution >= 0.6 is 0 Å². The number of hydrogen-bond donors (Lipinski definition) is 1. The molecule has 0 aromatic heterocycles. The number of rotatable bonds is 7. The number of likely N-dealkylation sites (tertiary alicyclic amines) is 1. The van der Waals surface area contributed by atoms with Gasteiger partial charge in [0.1, 0.15) is 0 Å². The Labute approximate surface area is 171 Å². The number of amides is 1. The molecule has 2 heterocycles. The van der Waals surface area contributed by atoms with Gasteiger partial charge in [0.15, 0.2) is 5.75 Å². The molecular formula is C19H28N2O7S. The highest BCUT2D eigenvalue weighted by molar-refractivity contribution is 7.88. The Bertz CT molecular complexity index is 809. The second kappa shape index (κ2) is 9.64. The minimum Gasteiger partial charge on any atom is -0.492 e. The van der Waals surface area contributed by atoms with Crippen LogP contribution in [0.15, 0.2) is 18.2 Å². The first-order chi connectivity index (χ1) is 13.9. The molecule has 0 spiro atoms. The van der Waals surface area contributed by atoms with E-state index in [0.29, 0.717) is 38.1 Å². The Morgan fingerprint density at radius 2 is 2.07 bits per heavy atom. The zero-order valence-corrected chi connectivity index (χ0v) is 17.6. The number of ether oxygens (including phenoxy) is 2. The van der Waals surface area contributed by atoms with Crippen LogP contribution in [0.4, 0.5) is 4.79 Å². The van der Waals surface area contributed by atoms with Gasteiger partial charge in [0, 0.05) is 31.3 Å². The Balaban J connectivity index is 1.65. The number of benzene rings is 1.